The minimum absolute atomic E-state index is 0.141. The van der Waals surface area contributed by atoms with Crippen LogP contribution in [0.5, 0.6) is 0 Å². The third kappa shape index (κ3) is 4.67. The van der Waals surface area contributed by atoms with Crippen LogP contribution in [0.4, 0.5) is 0 Å². The Morgan fingerprint density at radius 1 is 1.26 bits per heavy atom. The van der Waals surface area contributed by atoms with E-state index < -0.39 is 0 Å². The maximum Gasteiger partial charge on any atom is 0.224 e. The van der Waals surface area contributed by atoms with Gasteiger partial charge in [0, 0.05) is 19.1 Å². The first kappa shape index (κ1) is 14.1. The largest absolute Gasteiger partial charge is 0.353 e. The molecule has 1 amide bonds. The van der Waals surface area contributed by atoms with Gasteiger partial charge in [-0.15, -0.1) is 0 Å². The molecule has 1 aromatic carbocycles. The van der Waals surface area contributed by atoms with Crippen LogP contribution in [0.3, 0.4) is 0 Å². The van der Waals surface area contributed by atoms with Crippen molar-refractivity contribution in [2.45, 2.75) is 31.7 Å². The number of hydrogen-bond donors (Lipinski definition) is 1. The van der Waals surface area contributed by atoms with Gasteiger partial charge in [-0.05, 0) is 31.4 Å². The van der Waals surface area contributed by atoms with Gasteiger partial charge in [0.15, 0.2) is 0 Å². The van der Waals surface area contributed by atoms with Crippen molar-refractivity contribution in [1.29, 1.82) is 0 Å². The Labute approximate surface area is 116 Å². The van der Waals surface area contributed by atoms with Crippen LogP contribution in [-0.4, -0.2) is 36.5 Å². The summed E-state index contributed by atoms with van der Waals surface area (Å²) in [5.41, 5.74) is 1.08. The van der Waals surface area contributed by atoms with Gasteiger partial charge in [0.2, 0.25) is 5.91 Å². The molecule has 1 fully saturated rings. The van der Waals surface area contributed by atoms with Crippen molar-refractivity contribution in [3.8, 4) is 0 Å². The van der Waals surface area contributed by atoms with Gasteiger partial charge >= 0.3 is 0 Å². The lowest BCUT2D eigenvalue weighted by molar-refractivity contribution is -0.121. The number of piperidine rings is 1. The topological polar surface area (TPSA) is 32.3 Å². The predicted molar refractivity (Wildman–Crippen MR) is 77.7 cm³/mol. The Bertz CT molecular complexity index is 383. The molecule has 1 aliphatic rings. The van der Waals surface area contributed by atoms with E-state index in [4.69, 9.17) is 0 Å². The highest BCUT2D eigenvalue weighted by atomic mass is 16.1. The number of likely N-dealkylation sites (tertiary alicyclic amines) is 1. The Morgan fingerprint density at radius 2 is 1.95 bits per heavy atom. The molecule has 1 N–H and O–H groups in total. The number of nitrogens with zero attached hydrogens (tertiary/aromatic N) is 1. The molecule has 0 bridgehead atoms. The van der Waals surface area contributed by atoms with Crippen molar-refractivity contribution in [1.82, 2.24) is 10.2 Å². The molecule has 3 heteroatoms. The summed E-state index contributed by atoms with van der Waals surface area (Å²) in [6.45, 7) is 7.11. The van der Waals surface area contributed by atoms with Crippen LogP contribution in [0.1, 0.15) is 24.8 Å². The Hall–Kier alpha value is -1.35. The number of amides is 1. The average molecular weight is 259 g/mol. The van der Waals surface area contributed by atoms with Crippen LogP contribution in [0.15, 0.2) is 30.3 Å². The minimum atomic E-state index is 0.141. The van der Waals surface area contributed by atoms with Gasteiger partial charge in [-0.1, -0.05) is 37.3 Å². The summed E-state index contributed by atoms with van der Waals surface area (Å²) in [6.07, 6.45) is 3.56. The molecule has 103 valence electrons. The van der Waals surface area contributed by atoms with E-state index in [1.807, 2.05) is 30.3 Å². The molecule has 0 atom stereocenters. The fraction of sp³-hybridized carbons (Fsp3) is 0.500. The second kappa shape index (κ2) is 7.29. The van der Waals surface area contributed by atoms with Gasteiger partial charge in [-0.25, -0.2) is 0 Å². The van der Waals surface area contributed by atoms with Gasteiger partial charge in [-0.3, -0.25) is 4.79 Å². The van der Waals surface area contributed by atoms with Gasteiger partial charge in [0.25, 0.3) is 0 Å². The number of benzene rings is 1. The third-order valence-electron chi connectivity index (χ3n) is 3.63. The highest BCUT2D eigenvalue weighted by Crippen LogP contribution is 2.11. The second-order valence-electron chi connectivity index (χ2n) is 5.20. The van der Waals surface area contributed by atoms with Gasteiger partial charge in [0.1, 0.15) is 0 Å². The number of carbonyl (C=O) groups excluding carboxylic acids is 1. The van der Waals surface area contributed by atoms with Crippen molar-refractivity contribution >= 4 is 5.91 Å². The molecule has 19 heavy (non-hydrogen) atoms. The summed E-state index contributed by atoms with van der Waals surface area (Å²) in [7, 11) is 0. The normalized spacial score (nSPS) is 17.3. The molecule has 1 saturated heterocycles. The molecule has 0 saturated carbocycles. The van der Waals surface area contributed by atoms with Crippen molar-refractivity contribution in [3.05, 3.63) is 42.8 Å². The van der Waals surface area contributed by atoms with Gasteiger partial charge in [-0.2, -0.15) is 0 Å². The maximum absolute atomic E-state index is 12.0. The van der Waals surface area contributed by atoms with E-state index in [0.717, 1.165) is 44.5 Å². The first-order valence-electron chi connectivity index (χ1n) is 7.13. The van der Waals surface area contributed by atoms with Crippen molar-refractivity contribution < 1.29 is 4.79 Å². The molecule has 1 aliphatic heterocycles. The smallest absolute Gasteiger partial charge is 0.224 e. The van der Waals surface area contributed by atoms with Crippen LogP contribution in [0.25, 0.3) is 0 Å². The van der Waals surface area contributed by atoms with E-state index in [1.165, 1.54) is 0 Å². The summed E-state index contributed by atoms with van der Waals surface area (Å²) in [4.78, 5) is 14.4. The summed E-state index contributed by atoms with van der Waals surface area (Å²) in [5.74, 6) is 0.141. The molecule has 0 aliphatic carbocycles. The fourth-order valence-electron chi connectivity index (χ4n) is 2.58. The molecule has 1 aromatic rings. The number of nitrogens with one attached hydrogen (secondary N) is 1. The fourth-order valence-corrected chi connectivity index (χ4v) is 2.58. The molecule has 1 radical (unpaired) electrons. The Morgan fingerprint density at radius 3 is 2.58 bits per heavy atom. The molecule has 0 unspecified atom stereocenters. The van der Waals surface area contributed by atoms with Crippen LogP contribution >= 0.6 is 0 Å². The molecule has 1 heterocycles. The van der Waals surface area contributed by atoms with E-state index >= 15 is 0 Å². The van der Waals surface area contributed by atoms with Gasteiger partial charge < -0.3 is 10.2 Å². The summed E-state index contributed by atoms with van der Waals surface area (Å²) in [5, 5.41) is 3.15. The van der Waals surface area contributed by atoms with E-state index in [1.54, 1.807) is 0 Å². The molecule has 2 rings (SSSR count). The number of carbonyl (C=O) groups is 1. The maximum atomic E-state index is 12.0. The van der Waals surface area contributed by atoms with Crippen molar-refractivity contribution in [2.75, 3.05) is 19.6 Å². The average Bonchev–Trinajstić information content (AvgIpc) is 2.42. The quantitative estimate of drug-likeness (QED) is 0.877. The lowest BCUT2D eigenvalue weighted by atomic mass is 10.0. The van der Waals surface area contributed by atoms with Crippen LogP contribution in [0.2, 0.25) is 0 Å². The standard InChI is InChI=1S/C16H23N2O/c1-2-10-18-11-8-15(9-12-18)17-16(19)13-14-6-4-3-5-7-14/h3-7,15H,1-2,8-13H2,(H,17,19). The number of rotatable bonds is 5. The van der Waals surface area contributed by atoms with Crippen molar-refractivity contribution in [2.24, 2.45) is 0 Å². The number of hydrogen-bond acceptors (Lipinski definition) is 2. The SMILES string of the molecule is [CH2]CCN1CCC(NC(=O)Cc2ccccc2)CC1. The molecule has 0 spiro atoms. The Balaban J connectivity index is 1.72. The van der Waals surface area contributed by atoms with E-state index in [2.05, 4.69) is 17.1 Å². The predicted octanol–water partition coefficient (Wildman–Crippen LogP) is 2.03. The van der Waals surface area contributed by atoms with Crippen LogP contribution in [-0.2, 0) is 11.2 Å². The van der Waals surface area contributed by atoms with E-state index in [9.17, 15) is 4.79 Å². The summed E-state index contributed by atoms with van der Waals surface area (Å²) in [6, 6.07) is 10.3. The van der Waals surface area contributed by atoms with E-state index in [-0.39, 0.29) is 5.91 Å². The molecule has 3 nitrogen and oxygen atoms in total. The lowest BCUT2D eigenvalue weighted by Crippen LogP contribution is -2.45. The van der Waals surface area contributed by atoms with Gasteiger partial charge in [0.05, 0.1) is 6.42 Å². The highest BCUT2D eigenvalue weighted by molar-refractivity contribution is 5.78. The first-order chi connectivity index (χ1) is 9.28. The van der Waals surface area contributed by atoms with Crippen LogP contribution in [0, 0.1) is 6.92 Å². The lowest BCUT2D eigenvalue weighted by Gasteiger charge is -2.32. The molecule has 0 aromatic heterocycles. The highest BCUT2D eigenvalue weighted by Gasteiger charge is 2.19. The zero-order valence-corrected chi connectivity index (χ0v) is 11.5. The monoisotopic (exact) mass is 259 g/mol. The Kier molecular flexibility index (Phi) is 5.40. The van der Waals surface area contributed by atoms with E-state index in [0.29, 0.717) is 12.5 Å². The van der Waals surface area contributed by atoms with Crippen LogP contribution < -0.4 is 5.32 Å². The first-order valence-corrected chi connectivity index (χ1v) is 7.13. The third-order valence-corrected chi connectivity index (χ3v) is 3.63. The minimum Gasteiger partial charge on any atom is -0.353 e. The second-order valence-corrected chi connectivity index (χ2v) is 5.20. The summed E-state index contributed by atoms with van der Waals surface area (Å²) >= 11 is 0. The zero-order valence-electron chi connectivity index (χ0n) is 11.5. The summed E-state index contributed by atoms with van der Waals surface area (Å²) < 4.78 is 0. The molecular formula is C16H23N2O. The zero-order chi connectivity index (χ0) is 13.5. The molecular weight excluding hydrogens is 236 g/mol. The van der Waals surface area contributed by atoms with Crippen molar-refractivity contribution in [3.63, 3.8) is 0 Å².